The van der Waals surface area contributed by atoms with Gasteiger partial charge >= 0.3 is 0 Å². The van der Waals surface area contributed by atoms with E-state index >= 15 is 0 Å². The molecule has 0 aliphatic carbocycles. The fraction of sp³-hybridized carbons (Fsp3) is 0.917. The van der Waals surface area contributed by atoms with Crippen LogP contribution >= 0.6 is 22.6 Å². The molecule has 0 fully saturated rings. The molecule has 14 heavy (non-hydrogen) atoms. The molecule has 0 heterocycles. The quantitative estimate of drug-likeness (QED) is 0.369. The van der Waals surface area contributed by atoms with Crippen LogP contribution in [0.1, 0.15) is 59.3 Å². The number of hydrogen-bond donors (Lipinski definition) is 0. The van der Waals surface area contributed by atoms with Crippen molar-refractivity contribution in [1.82, 2.24) is 0 Å². The van der Waals surface area contributed by atoms with Gasteiger partial charge in [0.2, 0.25) is 0 Å². The van der Waals surface area contributed by atoms with Gasteiger partial charge in [0.1, 0.15) is 5.78 Å². The van der Waals surface area contributed by atoms with Gasteiger partial charge in [-0.05, 0) is 19.3 Å². The summed E-state index contributed by atoms with van der Waals surface area (Å²) in [5, 5.41) is 0. The highest BCUT2D eigenvalue weighted by Crippen LogP contribution is 2.12. The second-order valence-electron chi connectivity index (χ2n) is 4.43. The van der Waals surface area contributed by atoms with Gasteiger partial charge in [-0.25, -0.2) is 0 Å². The number of Topliss-reactive ketones (excluding diaryl/α,β-unsaturated/α-hetero) is 1. The average Bonchev–Trinajstić information content (AvgIpc) is 2.09. The third kappa shape index (κ3) is 8.97. The maximum Gasteiger partial charge on any atom is 0.145 e. The number of ketones is 1. The lowest BCUT2D eigenvalue weighted by Gasteiger charge is -2.04. The summed E-state index contributed by atoms with van der Waals surface area (Å²) in [6.07, 6.45) is 7.04. The van der Waals surface area contributed by atoms with Crippen molar-refractivity contribution < 1.29 is 4.79 Å². The van der Waals surface area contributed by atoms with Crippen molar-refractivity contribution in [2.75, 3.05) is 0 Å². The number of rotatable bonds is 8. The van der Waals surface area contributed by atoms with E-state index in [1.165, 1.54) is 25.7 Å². The van der Waals surface area contributed by atoms with Gasteiger partial charge in [-0.3, -0.25) is 4.79 Å². The topological polar surface area (TPSA) is 17.1 Å². The van der Waals surface area contributed by atoms with E-state index in [-0.39, 0.29) is 3.92 Å². The molecule has 2 heteroatoms. The smallest absolute Gasteiger partial charge is 0.145 e. The Morgan fingerprint density at radius 2 is 1.64 bits per heavy atom. The molecule has 0 bridgehead atoms. The van der Waals surface area contributed by atoms with E-state index in [4.69, 9.17) is 0 Å². The Kier molecular flexibility index (Phi) is 8.94. The lowest BCUT2D eigenvalue weighted by Crippen LogP contribution is -2.08. The summed E-state index contributed by atoms with van der Waals surface area (Å²) in [7, 11) is 0. The van der Waals surface area contributed by atoms with Crippen LogP contribution in [0.5, 0.6) is 0 Å². The molecule has 0 amide bonds. The fourth-order valence-corrected chi connectivity index (χ4v) is 1.72. The molecule has 1 atom stereocenters. The molecule has 1 nitrogen and oxygen atoms in total. The molecular formula is C12H23IO. The summed E-state index contributed by atoms with van der Waals surface area (Å²) in [5.74, 6) is 1.24. The van der Waals surface area contributed by atoms with Crippen LogP contribution in [0, 0.1) is 5.92 Å². The van der Waals surface area contributed by atoms with Crippen molar-refractivity contribution in [3.63, 3.8) is 0 Å². The Morgan fingerprint density at radius 3 is 2.14 bits per heavy atom. The first kappa shape index (κ1) is 14.4. The number of carbonyl (C=O) groups excluding carboxylic acids is 1. The van der Waals surface area contributed by atoms with Gasteiger partial charge in [-0.15, -0.1) is 0 Å². The molecule has 0 aliphatic heterocycles. The Bertz CT molecular complexity index is 152. The van der Waals surface area contributed by atoms with Crippen molar-refractivity contribution in [2.24, 2.45) is 5.92 Å². The first-order chi connectivity index (χ1) is 6.54. The lowest BCUT2D eigenvalue weighted by atomic mass is 10.0. The van der Waals surface area contributed by atoms with E-state index in [9.17, 15) is 4.79 Å². The van der Waals surface area contributed by atoms with Gasteiger partial charge < -0.3 is 0 Å². The number of carbonyl (C=O) groups is 1. The molecule has 0 aromatic heterocycles. The van der Waals surface area contributed by atoms with Crippen LogP contribution in [0.15, 0.2) is 0 Å². The lowest BCUT2D eigenvalue weighted by molar-refractivity contribution is -0.118. The predicted octanol–water partition coefficient (Wildman–Crippen LogP) is 4.38. The van der Waals surface area contributed by atoms with Crippen molar-refractivity contribution in [1.29, 1.82) is 0 Å². The molecule has 0 radical (unpaired) electrons. The molecule has 0 rings (SSSR count). The van der Waals surface area contributed by atoms with Crippen LogP contribution in [0.3, 0.4) is 0 Å². The van der Waals surface area contributed by atoms with Crippen LogP contribution in [-0.4, -0.2) is 9.71 Å². The molecule has 0 aliphatic rings. The van der Waals surface area contributed by atoms with Crippen LogP contribution in [-0.2, 0) is 4.79 Å². The molecule has 1 unspecified atom stereocenters. The minimum absolute atomic E-state index is 0.197. The third-order valence-corrected chi connectivity index (χ3v) is 3.09. The van der Waals surface area contributed by atoms with Crippen molar-refractivity contribution in [3.05, 3.63) is 0 Å². The van der Waals surface area contributed by atoms with Crippen molar-refractivity contribution in [3.8, 4) is 0 Å². The first-order valence-electron chi connectivity index (χ1n) is 5.70. The molecule has 0 aromatic carbocycles. The molecule has 0 saturated heterocycles. The van der Waals surface area contributed by atoms with Gasteiger partial charge in [0.25, 0.3) is 0 Å². The maximum absolute atomic E-state index is 11.3. The molecule has 84 valence electrons. The van der Waals surface area contributed by atoms with E-state index in [1.807, 2.05) is 6.92 Å². The second kappa shape index (κ2) is 8.69. The molecular weight excluding hydrogens is 287 g/mol. The molecule has 0 spiro atoms. The Labute approximate surface area is 102 Å². The Hall–Kier alpha value is 0.400. The fourth-order valence-electron chi connectivity index (χ4n) is 1.40. The zero-order chi connectivity index (χ0) is 11.0. The van der Waals surface area contributed by atoms with Crippen LogP contribution in [0.4, 0.5) is 0 Å². The largest absolute Gasteiger partial charge is 0.299 e. The number of alkyl halides is 1. The first-order valence-corrected chi connectivity index (χ1v) is 6.95. The van der Waals surface area contributed by atoms with Crippen LogP contribution < -0.4 is 0 Å². The zero-order valence-corrected chi connectivity index (χ0v) is 11.8. The van der Waals surface area contributed by atoms with Gasteiger partial charge in [0.15, 0.2) is 0 Å². The number of halogens is 1. The number of hydrogen-bond acceptors (Lipinski definition) is 1. The van der Waals surface area contributed by atoms with Crippen molar-refractivity contribution in [2.45, 2.75) is 63.2 Å². The van der Waals surface area contributed by atoms with Crippen LogP contribution in [0.25, 0.3) is 0 Å². The highest BCUT2D eigenvalue weighted by Gasteiger charge is 2.07. The summed E-state index contributed by atoms with van der Waals surface area (Å²) in [4.78, 5) is 11.3. The zero-order valence-electron chi connectivity index (χ0n) is 9.68. The van der Waals surface area contributed by atoms with Gasteiger partial charge in [0.05, 0.1) is 3.92 Å². The molecule has 0 aromatic rings. The minimum atomic E-state index is 0.197. The summed E-state index contributed by atoms with van der Waals surface area (Å²) in [5.41, 5.74) is 0. The Balaban J connectivity index is 3.18. The van der Waals surface area contributed by atoms with E-state index in [1.54, 1.807) is 0 Å². The normalized spacial score (nSPS) is 13.2. The number of unbranched alkanes of at least 4 members (excludes halogenated alkanes) is 3. The van der Waals surface area contributed by atoms with Gasteiger partial charge in [0, 0.05) is 6.42 Å². The monoisotopic (exact) mass is 310 g/mol. The van der Waals surface area contributed by atoms with E-state index in [0.29, 0.717) is 5.78 Å². The molecule has 0 saturated carbocycles. The second-order valence-corrected chi connectivity index (χ2v) is 6.30. The Morgan fingerprint density at radius 1 is 1.07 bits per heavy atom. The average molecular weight is 310 g/mol. The predicted molar refractivity (Wildman–Crippen MR) is 71.0 cm³/mol. The van der Waals surface area contributed by atoms with E-state index in [2.05, 4.69) is 36.4 Å². The SMILES string of the molecule is CC(C)CCCCCCC(=O)C(C)I. The highest BCUT2D eigenvalue weighted by atomic mass is 127. The molecule has 0 N–H and O–H groups in total. The van der Waals surface area contributed by atoms with Gasteiger partial charge in [-0.2, -0.15) is 0 Å². The summed E-state index contributed by atoms with van der Waals surface area (Å²) < 4.78 is 0.197. The minimum Gasteiger partial charge on any atom is -0.299 e. The summed E-state index contributed by atoms with van der Waals surface area (Å²) >= 11 is 2.20. The summed E-state index contributed by atoms with van der Waals surface area (Å²) in [6.45, 7) is 6.50. The van der Waals surface area contributed by atoms with Crippen molar-refractivity contribution >= 4 is 28.4 Å². The van der Waals surface area contributed by atoms with E-state index < -0.39 is 0 Å². The maximum atomic E-state index is 11.3. The summed E-state index contributed by atoms with van der Waals surface area (Å²) in [6, 6.07) is 0. The van der Waals surface area contributed by atoms with Crippen LogP contribution in [0.2, 0.25) is 0 Å². The van der Waals surface area contributed by atoms with Gasteiger partial charge in [-0.1, -0.05) is 62.1 Å². The third-order valence-electron chi connectivity index (χ3n) is 2.40. The van der Waals surface area contributed by atoms with E-state index in [0.717, 1.165) is 18.8 Å². The standard InChI is InChI=1S/C12H23IO/c1-10(2)8-6-4-5-7-9-12(14)11(3)13/h10-11H,4-9H2,1-3H3. The highest BCUT2D eigenvalue weighted by molar-refractivity contribution is 14.1.